The molecule has 0 radical (unpaired) electrons. The molecule has 0 aliphatic heterocycles. The maximum absolute atomic E-state index is 4.23. The van der Waals surface area contributed by atoms with Crippen molar-refractivity contribution in [2.24, 2.45) is 0 Å². The molecule has 3 aliphatic carbocycles. The first kappa shape index (κ1) is 31.6. The Hall–Kier alpha value is -5.40. The Morgan fingerprint density at radius 3 is 2.27 bits per heavy atom. The smallest absolute Gasteiger partial charge is 0.0503 e. The van der Waals surface area contributed by atoms with Crippen LogP contribution < -0.4 is 4.90 Å². The molecule has 6 aromatic rings. The molecule has 51 heavy (non-hydrogen) atoms. The van der Waals surface area contributed by atoms with Crippen LogP contribution in [0.1, 0.15) is 83.2 Å². The van der Waals surface area contributed by atoms with Gasteiger partial charge in [-0.05, 0) is 147 Å². The summed E-state index contributed by atoms with van der Waals surface area (Å²) in [7, 11) is 0. The molecule has 3 aliphatic rings. The highest BCUT2D eigenvalue weighted by molar-refractivity contribution is 5.95. The van der Waals surface area contributed by atoms with Gasteiger partial charge in [0.05, 0.1) is 5.69 Å². The van der Waals surface area contributed by atoms with Crippen molar-refractivity contribution in [3.05, 3.63) is 172 Å². The zero-order valence-corrected chi connectivity index (χ0v) is 30.5. The lowest BCUT2D eigenvalue weighted by molar-refractivity contribution is 0.659. The molecule has 0 fully saturated rings. The molecule has 0 saturated carbocycles. The van der Waals surface area contributed by atoms with Crippen molar-refractivity contribution in [3.63, 3.8) is 0 Å². The van der Waals surface area contributed by atoms with Gasteiger partial charge in [-0.25, -0.2) is 0 Å². The highest BCUT2D eigenvalue weighted by atomic mass is 15.1. The maximum atomic E-state index is 4.23. The first-order valence-electron chi connectivity index (χ1n) is 18.6. The Morgan fingerprint density at radius 1 is 0.725 bits per heavy atom. The molecule has 0 amide bonds. The van der Waals surface area contributed by atoms with Crippen LogP contribution in [0.15, 0.2) is 122 Å². The van der Waals surface area contributed by atoms with Crippen LogP contribution in [-0.4, -0.2) is 0 Å². The average molecular weight is 660 g/mol. The highest BCUT2D eigenvalue weighted by Gasteiger charge is 2.39. The molecule has 0 heterocycles. The van der Waals surface area contributed by atoms with Crippen LogP contribution in [-0.2, 0) is 18.3 Å². The van der Waals surface area contributed by atoms with Crippen LogP contribution >= 0.6 is 0 Å². The standard InChI is InChI=1S/C50H45N/c1-7-34-21-22-36(28-44(34)38-16-10-8-14-32(38)3)51(37-23-25-39-33(4)27-35-15-9-11-17-40(35)45(39)29-37)48-30-47-49(42-19-13-12-18-41(42)48)43-24-20-31(2)26-46(43)50(47,5)6/h7-11,13-17,19-26,28-30,33H,1,12,18,27H2,2-6H3. The van der Waals surface area contributed by atoms with E-state index in [2.05, 4.69) is 167 Å². The molecule has 0 aromatic heterocycles. The largest absolute Gasteiger partial charge is 0.310 e. The quantitative estimate of drug-likeness (QED) is 0.178. The molecule has 0 spiro atoms. The number of nitrogens with zero attached hydrogens (tertiary/aromatic N) is 1. The highest BCUT2D eigenvalue weighted by Crippen LogP contribution is 2.55. The van der Waals surface area contributed by atoms with E-state index in [-0.39, 0.29) is 5.41 Å². The third kappa shape index (κ3) is 4.89. The monoisotopic (exact) mass is 659 g/mol. The van der Waals surface area contributed by atoms with Gasteiger partial charge >= 0.3 is 0 Å². The summed E-state index contributed by atoms with van der Waals surface area (Å²) in [6.45, 7) is 15.9. The second kappa shape index (κ2) is 11.8. The number of fused-ring (bicyclic) bond motifs is 8. The van der Waals surface area contributed by atoms with E-state index in [4.69, 9.17) is 0 Å². The van der Waals surface area contributed by atoms with Gasteiger partial charge in [0, 0.05) is 16.8 Å². The number of hydrogen-bond donors (Lipinski definition) is 0. The molecule has 1 atom stereocenters. The lowest BCUT2D eigenvalue weighted by Crippen LogP contribution is -2.19. The van der Waals surface area contributed by atoms with Gasteiger partial charge in [0.1, 0.15) is 0 Å². The third-order valence-electron chi connectivity index (χ3n) is 11.9. The Labute approximate surface area is 303 Å². The van der Waals surface area contributed by atoms with E-state index in [1.807, 2.05) is 6.08 Å². The molecule has 1 nitrogen and oxygen atoms in total. The summed E-state index contributed by atoms with van der Waals surface area (Å²) in [4.78, 5) is 2.57. The van der Waals surface area contributed by atoms with Crippen molar-refractivity contribution in [2.75, 3.05) is 4.90 Å². The van der Waals surface area contributed by atoms with Gasteiger partial charge in [-0.1, -0.05) is 130 Å². The fraction of sp³-hybridized carbons (Fsp3) is 0.200. The zero-order chi connectivity index (χ0) is 35.0. The lowest BCUT2D eigenvalue weighted by atomic mass is 9.79. The van der Waals surface area contributed by atoms with E-state index in [0.717, 1.165) is 30.5 Å². The molecular weight excluding hydrogens is 615 g/mol. The molecule has 1 unspecified atom stereocenters. The molecule has 0 saturated heterocycles. The van der Waals surface area contributed by atoms with Crippen molar-refractivity contribution in [3.8, 4) is 33.4 Å². The predicted molar refractivity (Wildman–Crippen MR) is 219 cm³/mol. The number of aryl methyl sites for hydroxylation is 2. The van der Waals surface area contributed by atoms with Gasteiger partial charge < -0.3 is 4.90 Å². The molecular formula is C50H45N. The van der Waals surface area contributed by atoms with E-state index in [1.54, 1.807) is 0 Å². The van der Waals surface area contributed by atoms with Crippen LogP contribution in [0.5, 0.6) is 0 Å². The summed E-state index contributed by atoms with van der Waals surface area (Å²) in [6.07, 6.45) is 9.91. The number of hydrogen-bond acceptors (Lipinski definition) is 1. The minimum Gasteiger partial charge on any atom is -0.310 e. The maximum Gasteiger partial charge on any atom is 0.0503 e. The Morgan fingerprint density at radius 2 is 1.47 bits per heavy atom. The van der Waals surface area contributed by atoms with Crippen molar-refractivity contribution in [2.45, 2.75) is 65.2 Å². The number of anilines is 3. The fourth-order valence-corrected chi connectivity index (χ4v) is 9.27. The summed E-state index contributed by atoms with van der Waals surface area (Å²) >= 11 is 0. The van der Waals surface area contributed by atoms with Crippen LogP contribution in [0, 0.1) is 13.8 Å². The summed E-state index contributed by atoms with van der Waals surface area (Å²) in [5, 5.41) is 0. The van der Waals surface area contributed by atoms with Crippen LogP contribution in [0.4, 0.5) is 17.1 Å². The van der Waals surface area contributed by atoms with Gasteiger partial charge in [0.2, 0.25) is 0 Å². The Balaban J connectivity index is 1.34. The van der Waals surface area contributed by atoms with Crippen LogP contribution in [0.3, 0.4) is 0 Å². The van der Waals surface area contributed by atoms with E-state index in [1.165, 1.54) is 89.3 Å². The summed E-state index contributed by atoms with van der Waals surface area (Å²) in [5.41, 5.74) is 23.7. The Bertz CT molecular complexity index is 2440. The van der Waals surface area contributed by atoms with E-state index in [9.17, 15) is 0 Å². The van der Waals surface area contributed by atoms with E-state index >= 15 is 0 Å². The summed E-state index contributed by atoms with van der Waals surface area (Å²) in [6, 6.07) is 41.5. The van der Waals surface area contributed by atoms with Gasteiger partial charge in [-0.15, -0.1) is 0 Å². The molecule has 0 bridgehead atoms. The normalized spacial score (nSPS) is 16.1. The third-order valence-corrected chi connectivity index (χ3v) is 11.9. The number of rotatable bonds is 5. The summed E-state index contributed by atoms with van der Waals surface area (Å²) < 4.78 is 0. The molecule has 9 rings (SSSR count). The Kier molecular flexibility index (Phi) is 7.33. The van der Waals surface area contributed by atoms with Crippen molar-refractivity contribution < 1.29 is 0 Å². The van der Waals surface area contributed by atoms with Gasteiger partial charge in [0.25, 0.3) is 0 Å². The SMILES string of the molecule is C=Cc1ccc(N(c2ccc3c(c2)-c2ccccc2CC3C)c2cc3c(c4c2CCC=C4)-c2ccc(C)cc2C3(C)C)cc1-c1ccccc1C. The van der Waals surface area contributed by atoms with E-state index < -0.39 is 0 Å². The topological polar surface area (TPSA) is 3.24 Å². The lowest BCUT2D eigenvalue weighted by Gasteiger charge is -2.34. The molecule has 1 heteroatoms. The minimum atomic E-state index is -0.124. The van der Waals surface area contributed by atoms with Crippen molar-refractivity contribution >= 4 is 29.2 Å². The first-order chi connectivity index (χ1) is 24.7. The summed E-state index contributed by atoms with van der Waals surface area (Å²) in [5.74, 6) is 0.470. The number of benzene rings is 6. The molecule has 0 N–H and O–H groups in total. The van der Waals surface area contributed by atoms with Crippen molar-refractivity contribution in [1.29, 1.82) is 0 Å². The van der Waals surface area contributed by atoms with E-state index in [0.29, 0.717) is 5.92 Å². The van der Waals surface area contributed by atoms with Gasteiger partial charge in [0.15, 0.2) is 0 Å². The molecule has 250 valence electrons. The van der Waals surface area contributed by atoms with Crippen LogP contribution in [0.25, 0.3) is 45.5 Å². The predicted octanol–water partition coefficient (Wildman–Crippen LogP) is 13.7. The molecule has 6 aromatic carbocycles. The minimum absolute atomic E-state index is 0.124. The van der Waals surface area contributed by atoms with Gasteiger partial charge in [-0.3, -0.25) is 0 Å². The second-order valence-electron chi connectivity index (χ2n) is 15.5. The van der Waals surface area contributed by atoms with Gasteiger partial charge in [-0.2, -0.15) is 0 Å². The first-order valence-corrected chi connectivity index (χ1v) is 18.6. The van der Waals surface area contributed by atoms with Crippen LogP contribution in [0.2, 0.25) is 0 Å². The van der Waals surface area contributed by atoms with Crippen molar-refractivity contribution in [1.82, 2.24) is 0 Å². The zero-order valence-electron chi connectivity index (χ0n) is 30.5. The fourth-order valence-electron chi connectivity index (χ4n) is 9.27. The second-order valence-corrected chi connectivity index (χ2v) is 15.5. The number of allylic oxidation sites excluding steroid dienone is 1. The average Bonchev–Trinajstić information content (AvgIpc) is 3.37.